The van der Waals surface area contributed by atoms with E-state index in [9.17, 15) is 5.21 Å². The summed E-state index contributed by atoms with van der Waals surface area (Å²) in [4.78, 5) is 3.97. The molecule has 0 saturated carbocycles. The second kappa shape index (κ2) is 10.5. The Balaban J connectivity index is 0.000000269. The number of benzene rings is 1. The molecule has 1 fully saturated rings. The molecule has 0 bridgehead atoms. The van der Waals surface area contributed by atoms with Crippen LogP contribution in [0.15, 0.2) is 60.3 Å². The fourth-order valence-corrected chi connectivity index (χ4v) is 3.79. The molecular weight excluding hydrogens is 447 g/mol. The van der Waals surface area contributed by atoms with Gasteiger partial charge in [0.15, 0.2) is 6.20 Å². The zero-order valence-electron chi connectivity index (χ0n) is 16.3. The van der Waals surface area contributed by atoms with Crippen molar-refractivity contribution in [1.82, 2.24) is 14.8 Å². The molecule has 3 heterocycles. The van der Waals surface area contributed by atoms with Gasteiger partial charge >= 0.3 is 0 Å². The number of halogens is 2. The number of hydrogen-bond acceptors (Lipinski definition) is 6. The molecule has 30 heavy (non-hydrogen) atoms. The van der Waals surface area contributed by atoms with E-state index in [1.165, 1.54) is 12.5 Å². The van der Waals surface area contributed by atoms with E-state index in [2.05, 4.69) is 29.6 Å². The minimum Gasteiger partial charge on any atom is -0.618 e. The number of pyridine rings is 1. The third kappa shape index (κ3) is 5.65. The van der Waals surface area contributed by atoms with Crippen molar-refractivity contribution in [1.29, 1.82) is 0 Å². The van der Waals surface area contributed by atoms with Crippen LogP contribution in [0.3, 0.4) is 0 Å². The van der Waals surface area contributed by atoms with E-state index >= 15 is 0 Å². The maximum atomic E-state index is 10.5. The van der Waals surface area contributed by atoms with Crippen LogP contribution in [0.4, 0.5) is 0 Å². The van der Waals surface area contributed by atoms with E-state index in [1.807, 2.05) is 6.07 Å². The van der Waals surface area contributed by atoms with E-state index in [4.69, 9.17) is 32.7 Å². The number of aromatic nitrogens is 4. The lowest BCUT2D eigenvalue weighted by Crippen LogP contribution is -2.34. The van der Waals surface area contributed by atoms with Crippen LogP contribution in [-0.4, -0.2) is 27.5 Å². The molecule has 0 radical (unpaired) electrons. The van der Waals surface area contributed by atoms with Crippen molar-refractivity contribution in [3.8, 4) is 0 Å². The molecule has 7 nitrogen and oxygen atoms in total. The zero-order valence-corrected chi connectivity index (χ0v) is 18.7. The molecule has 1 saturated heterocycles. The van der Waals surface area contributed by atoms with Gasteiger partial charge in [-0.3, -0.25) is 0 Å². The molecule has 4 rings (SSSR count). The number of rotatable bonds is 5. The van der Waals surface area contributed by atoms with Gasteiger partial charge in [0.1, 0.15) is 19.2 Å². The summed E-state index contributed by atoms with van der Waals surface area (Å²) in [6.07, 6.45) is 6.52. The molecule has 10 heteroatoms. The highest BCUT2D eigenvalue weighted by molar-refractivity contribution is 7.80. The molecule has 2 atom stereocenters. The van der Waals surface area contributed by atoms with Crippen LogP contribution >= 0.6 is 35.8 Å². The Kier molecular flexibility index (Phi) is 7.96. The first-order chi connectivity index (χ1) is 14.4. The summed E-state index contributed by atoms with van der Waals surface area (Å²) < 4.78 is 14.7. The molecule has 1 aromatic carbocycles. The molecule has 2 unspecified atom stereocenters. The Labute approximate surface area is 190 Å². The highest BCUT2D eigenvalue weighted by atomic mass is 35.5. The first kappa shape index (κ1) is 22.8. The van der Waals surface area contributed by atoms with Crippen LogP contribution < -0.4 is 4.73 Å². The lowest BCUT2D eigenvalue weighted by molar-refractivity contribution is -0.645. The van der Waals surface area contributed by atoms with Crippen LogP contribution in [0.1, 0.15) is 25.3 Å². The Bertz CT molecular complexity index is 940. The van der Waals surface area contributed by atoms with Gasteiger partial charge in [0.05, 0.1) is 17.7 Å². The predicted octanol–water partition coefficient (Wildman–Crippen LogP) is 4.26. The van der Waals surface area contributed by atoms with Crippen molar-refractivity contribution < 1.29 is 14.2 Å². The van der Waals surface area contributed by atoms with E-state index in [0.29, 0.717) is 33.0 Å². The van der Waals surface area contributed by atoms with E-state index < -0.39 is 5.79 Å². The predicted molar refractivity (Wildman–Crippen MR) is 117 cm³/mol. The van der Waals surface area contributed by atoms with Gasteiger partial charge in [-0.2, -0.15) is 9.83 Å². The van der Waals surface area contributed by atoms with Crippen molar-refractivity contribution in [2.24, 2.45) is 0 Å². The molecular formula is C20H22Cl2N4O3S. The summed E-state index contributed by atoms with van der Waals surface area (Å²) >= 11 is 16.2. The fourth-order valence-electron chi connectivity index (χ4n) is 3.08. The normalized spacial score (nSPS) is 20.6. The minimum absolute atomic E-state index is 0.0419. The second-order valence-electron chi connectivity index (χ2n) is 6.69. The Hall–Kier alpha value is -1.84. The maximum absolute atomic E-state index is 10.5. The molecule has 0 N–H and O–H groups in total. The van der Waals surface area contributed by atoms with E-state index in [-0.39, 0.29) is 6.10 Å². The summed E-state index contributed by atoms with van der Waals surface area (Å²) in [6.45, 7) is 3.03. The fraction of sp³-hybridized carbons (Fsp3) is 0.350. The molecule has 3 aromatic rings. The van der Waals surface area contributed by atoms with Gasteiger partial charge in [0, 0.05) is 22.7 Å². The number of thiol groups is 1. The monoisotopic (exact) mass is 468 g/mol. The third-order valence-corrected chi connectivity index (χ3v) is 5.35. The highest BCUT2D eigenvalue weighted by Gasteiger charge is 2.45. The van der Waals surface area contributed by atoms with Gasteiger partial charge < -0.3 is 14.7 Å². The topological polar surface area (TPSA) is 76.1 Å². The van der Waals surface area contributed by atoms with Crippen LogP contribution in [-0.2, 0) is 21.8 Å². The van der Waals surface area contributed by atoms with Crippen molar-refractivity contribution in [2.75, 3.05) is 6.61 Å². The molecule has 0 aliphatic carbocycles. The lowest BCUT2D eigenvalue weighted by Gasteiger charge is -2.29. The molecule has 2 aromatic heterocycles. The summed E-state index contributed by atoms with van der Waals surface area (Å²) in [6, 6.07) is 10.4. The Morgan fingerprint density at radius 2 is 2.17 bits per heavy atom. The van der Waals surface area contributed by atoms with Crippen LogP contribution in [0.25, 0.3) is 0 Å². The van der Waals surface area contributed by atoms with Gasteiger partial charge in [-0.25, -0.2) is 9.67 Å². The highest BCUT2D eigenvalue weighted by Crippen LogP contribution is 2.41. The van der Waals surface area contributed by atoms with Crippen LogP contribution in [0.5, 0.6) is 0 Å². The largest absolute Gasteiger partial charge is 0.618 e. The van der Waals surface area contributed by atoms with Crippen molar-refractivity contribution in [3.63, 3.8) is 0 Å². The molecule has 0 amide bonds. The molecule has 160 valence electrons. The minimum atomic E-state index is -0.963. The SMILES string of the molecule is CCCC1COC(Cn2cncn2)(c2ccc(Cl)cc2Cl)O1.[O-][n+]1ccccc1S. The van der Waals surface area contributed by atoms with Gasteiger partial charge in [0.25, 0.3) is 0 Å². The smallest absolute Gasteiger partial charge is 0.248 e. The van der Waals surface area contributed by atoms with Gasteiger partial charge in [0.2, 0.25) is 10.8 Å². The summed E-state index contributed by atoms with van der Waals surface area (Å²) in [5.74, 6) is -0.963. The third-order valence-electron chi connectivity index (χ3n) is 4.45. The molecule has 1 aliphatic heterocycles. The second-order valence-corrected chi connectivity index (χ2v) is 8.00. The summed E-state index contributed by atoms with van der Waals surface area (Å²) in [7, 11) is 0. The van der Waals surface area contributed by atoms with Crippen molar-refractivity contribution >= 4 is 35.8 Å². The van der Waals surface area contributed by atoms with Crippen molar-refractivity contribution in [3.05, 3.63) is 76.1 Å². The quantitative estimate of drug-likeness (QED) is 0.343. The van der Waals surface area contributed by atoms with Gasteiger partial charge in [-0.05, 0) is 24.6 Å². The van der Waals surface area contributed by atoms with Crippen LogP contribution in [0, 0.1) is 5.21 Å². The Morgan fingerprint density at radius 3 is 2.77 bits per heavy atom. The number of ether oxygens (including phenoxy) is 2. The molecule has 0 spiro atoms. The summed E-state index contributed by atoms with van der Waals surface area (Å²) in [5, 5.41) is 16.1. The van der Waals surface area contributed by atoms with Crippen LogP contribution in [0.2, 0.25) is 10.0 Å². The number of hydrogen-bond donors (Lipinski definition) is 1. The summed E-state index contributed by atoms with van der Waals surface area (Å²) in [5.41, 5.74) is 0.757. The average Bonchev–Trinajstić information content (AvgIpc) is 3.36. The van der Waals surface area contributed by atoms with Gasteiger partial charge in [-0.15, -0.1) is 0 Å². The standard InChI is InChI=1S/C15H17Cl2N3O2.C5H5NOS/c1-2-3-12-7-21-15(22-12,8-20-10-18-9-19-20)13-5-4-11(16)6-14(13)17;7-6-4-2-1-3-5(6)8/h4-6,9-10,12H,2-3,7-8H2,1H3;1-4,8H. The maximum Gasteiger partial charge on any atom is 0.248 e. The first-order valence-electron chi connectivity index (χ1n) is 9.40. The average molecular weight is 469 g/mol. The van der Waals surface area contributed by atoms with Crippen molar-refractivity contribution in [2.45, 2.75) is 43.2 Å². The Morgan fingerprint density at radius 1 is 1.33 bits per heavy atom. The lowest BCUT2D eigenvalue weighted by atomic mass is 10.1. The molecule has 1 aliphatic rings. The zero-order chi connectivity index (χ0) is 21.6. The number of nitrogens with zero attached hydrogens (tertiary/aromatic N) is 4. The van der Waals surface area contributed by atoms with E-state index in [1.54, 1.807) is 41.3 Å². The van der Waals surface area contributed by atoms with E-state index in [0.717, 1.165) is 18.4 Å². The first-order valence-corrected chi connectivity index (χ1v) is 10.6. The van der Waals surface area contributed by atoms with Gasteiger partial charge in [-0.1, -0.05) is 55.2 Å².